The van der Waals surface area contributed by atoms with Gasteiger partial charge in [0, 0.05) is 5.57 Å². The molecule has 0 aliphatic heterocycles. The van der Waals surface area contributed by atoms with Gasteiger partial charge in [-0.1, -0.05) is 6.08 Å². The maximum Gasteiger partial charge on any atom is 0.460 e. The highest BCUT2D eigenvalue weighted by molar-refractivity contribution is 5.87. The van der Waals surface area contributed by atoms with Crippen LogP contribution in [-0.2, 0) is 14.3 Å². The molecular weight excluding hydrogens is 413 g/mol. The highest BCUT2D eigenvalue weighted by Crippen LogP contribution is 2.57. The van der Waals surface area contributed by atoms with Gasteiger partial charge in [-0.3, -0.25) is 0 Å². The number of alkyl halides is 11. The molecule has 0 aliphatic rings. The number of rotatable bonds is 9. The van der Waals surface area contributed by atoms with Crippen LogP contribution in [0, 0.1) is 0 Å². The molecule has 0 radical (unpaired) electrons. The van der Waals surface area contributed by atoms with Crippen LogP contribution in [0.25, 0.3) is 0 Å². The maximum absolute atomic E-state index is 13.2. The molecule has 0 saturated heterocycles. The van der Waals surface area contributed by atoms with E-state index in [9.17, 15) is 53.1 Å². The van der Waals surface area contributed by atoms with Crippen LogP contribution in [-0.4, -0.2) is 55.7 Å². The standard InChI is InChI=1S/C13H13F11O3/c1-3-7(2)8(25)27-5-4-26-6-9(14,15)10(16,17)11(18,19)12(20,21)13(22,23)24/h3H,4-6H2,1-2H3. The second-order valence-corrected chi connectivity index (χ2v) is 5.09. The highest BCUT2D eigenvalue weighted by atomic mass is 19.4. The third-order valence-electron chi connectivity index (χ3n) is 3.10. The highest BCUT2D eigenvalue weighted by Gasteiger charge is 2.87. The molecule has 0 aliphatic carbocycles. The number of hydrogen-bond acceptors (Lipinski definition) is 3. The zero-order valence-corrected chi connectivity index (χ0v) is 13.6. The fourth-order valence-corrected chi connectivity index (χ4v) is 1.32. The first-order valence-corrected chi connectivity index (χ1v) is 6.82. The van der Waals surface area contributed by atoms with E-state index in [4.69, 9.17) is 0 Å². The molecule has 0 unspecified atom stereocenters. The van der Waals surface area contributed by atoms with Crippen LogP contribution in [0.1, 0.15) is 13.8 Å². The number of allylic oxidation sites excluding steroid dienone is 1. The Morgan fingerprint density at radius 3 is 1.70 bits per heavy atom. The van der Waals surface area contributed by atoms with E-state index in [2.05, 4.69) is 9.47 Å². The zero-order chi connectivity index (χ0) is 21.9. The van der Waals surface area contributed by atoms with Gasteiger partial charge in [0.15, 0.2) is 0 Å². The lowest BCUT2D eigenvalue weighted by Crippen LogP contribution is -2.67. The van der Waals surface area contributed by atoms with E-state index in [1.165, 1.54) is 19.9 Å². The molecule has 14 heteroatoms. The van der Waals surface area contributed by atoms with Crippen molar-refractivity contribution in [3.05, 3.63) is 11.6 Å². The Balaban J connectivity index is 5.05. The van der Waals surface area contributed by atoms with Crippen molar-refractivity contribution in [1.29, 1.82) is 0 Å². The average molecular weight is 426 g/mol. The summed E-state index contributed by atoms with van der Waals surface area (Å²) in [7, 11) is 0. The number of carbonyl (C=O) groups excluding carboxylic acids is 1. The molecule has 0 aromatic carbocycles. The second-order valence-electron chi connectivity index (χ2n) is 5.09. The van der Waals surface area contributed by atoms with E-state index >= 15 is 0 Å². The Bertz CT molecular complexity index is 552. The lowest BCUT2D eigenvalue weighted by molar-refractivity contribution is -0.424. The molecule has 27 heavy (non-hydrogen) atoms. The summed E-state index contributed by atoms with van der Waals surface area (Å²) in [6.07, 6.45) is -5.92. The molecule has 0 bridgehead atoms. The summed E-state index contributed by atoms with van der Waals surface area (Å²) >= 11 is 0. The van der Waals surface area contributed by atoms with Gasteiger partial charge in [0.05, 0.1) is 6.61 Å². The van der Waals surface area contributed by atoms with Crippen LogP contribution in [0.4, 0.5) is 48.3 Å². The van der Waals surface area contributed by atoms with E-state index in [0.717, 1.165) is 0 Å². The maximum atomic E-state index is 13.2. The molecule has 0 spiro atoms. The third kappa shape index (κ3) is 5.02. The molecule has 0 amide bonds. The van der Waals surface area contributed by atoms with Crippen molar-refractivity contribution >= 4 is 5.97 Å². The Kier molecular flexibility index (Phi) is 7.70. The first-order valence-electron chi connectivity index (χ1n) is 6.82. The lowest BCUT2D eigenvalue weighted by atomic mass is 9.98. The fraction of sp³-hybridized carbons (Fsp3) is 0.769. The molecule has 0 fully saturated rings. The fourth-order valence-electron chi connectivity index (χ4n) is 1.32. The predicted molar refractivity (Wildman–Crippen MR) is 67.1 cm³/mol. The van der Waals surface area contributed by atoms with E-state index < -0.39 is 55.7 Å². The monoisotopic (exact) mass is 426 g/mol. The summed E-state index contributed by atoms with van der Waals surface area (Å²) in [6, 6.07) is 0. The Labute approximate surface area is 145 Å². The average Bonchev–Trinajstić information content (AvgIpc) is 2.51. The minimum Gasteiger partial charge on any atom is -0.460 e. The normalized spacial score (nSPS) is 15.1. The summed E-state index contributed by atoms with van der Waals surface area (Å²) in [4.78, 5) is 11.1. The minimum absolute atomic E-state index is 0.0703. The molecule has 0 saturated carbocycles. The molecule has 0 aromatic heterocycles. The molecule has 0 N–H and O–H groups in total. The molecule has 160 valence electrons. The van der Waals surface area contributed by atoms with Crippen LogP contribution < -0.4 is 0 Å². The van der Waals surface area contributed by atoms with Gasteiger partial charge >= 0.3 is 35.8 Å². The van der Waals surface area contributed by atoms with Crippen molar-refractivity contribution in [2.45, 2.75) is 43.7 Å². The largest absolute Gasteiger partial charge is 0.460 e. The van der Waals surface area contributed by atoms with E-state index in [-0.39, 0.29) is 5.57 Å². The van der Waals surface area contributed by atoms with Gasteiger partial charge in [0.25, 0.3) is 0 Å². The van der Waals surface area contributed by atoms with Crippen molar-refractivity contribution < 1.29 is 62.6 Å². The molecular formula is C13H13F11O3. The van der Waals surface area contributed by atoms with Gasteiger partial charge in [-0.05, 0) is 13.8 Å². The predicted octanol–water partition coefficient (Wildman–Crippen LogP) is 4.62. The SMILES string of the molecule is CC=C(C)C(=O)OCCOCC(F)(F)C(F)(F)C(F)(F)C(F)(F)C(F)(F)F. The quantitative estimate of drug-likeness (QED) is 0.234. The molecule has 0 aromatic rings. The lowest BCUT2D eigenvalue weighted by Gasteiger charge is -2.37. The van der Waals surface area contributed by atoms with Gasteiger partial charge < -0.3 is 9.47 Å². The van der Waals surface area contributed by atoms with Gasteiger partial charge in [0.1, 0.15) is 13.2 Å². The first-order chi connectivity index (χ1) is 11.9. The third-order valence-corrected chi connectivity index (χ3v) is 3.10. The van der Waals surface area contributed by atoms with Crippen LogP contribution in [0.15, 0.2) is 11.6 Å². The smallest absolute Gasteiger partial charge is 0.460 e. The number of carbonyl (C=O) groups is 1. The molecule has 0 heterocycles. The van der Waals surface area contributed by atoms with Gasteiger partial charge in [-0.25, -0.2) is 4.79 Å². The van der Waals surface area contributed by atoms with Gasteiger partial charge in [0.2, 0.25) is 0 Å². The first kappa shape index (κ1) is 25.4. The van der Waals surface area contributed by atoms with Crippen LogP contribution in [0.3, 0.4) is 0 Å². The topological polar surface area (TPSA) is 35.5 Å². The summed E-state index contributed by atoms with van der Waals surface area (Å²) < 4.78 is 148. The summed E-state index contributed by atoms with van der Waals surface area (Å²) in [5, 5.41) is 0. The Morgan fingerprint density at radius 1 is 0.815 bits per heavy atom. The molecule has 3 nitrogen and oxygen atoms in total. The summed E-state index contributed by atoms with van der Waals surface area (Å²) in [5.41, 5.74) is 0.0703. The van der Waals surface area contributed by atoms with Crippen molar-refractivity contribution in [1.82, 2.24) is 0 Å². The van der Waals surface area contributed by atoms with Crippen molar-refractivity contribution in [2.24, 2.45) is 0 Å². The second kappa shape index (κ2) is 8.19. The number of hydrogen-bond donors (Lipinski definition) is 0. The number of esters is 1. The van der Waals surface area contributed by atoms with Crippen molar-refractivity contribution in [2.75, 3.05) is 19.8 Å². The van der Waals surface area contributed by atoms with Crippen molar-refractivity contribution in [3.63, 3.8) is 0 Å². The number of ether oxygens (including phenoxy) is 2. The molecule has 0 rings (SSSR count). The Hall–Kier alpha value is -1.60. The Morgan fingerprint density at radius 2 is 1.30 bits per heavy atom. The zero-order valence-electron chi connectivity index (χ0n) is 13.6. The van der Waals surface area contributed by atoms with Gasteiger partial charge in [-0.2, -0.15) is 48.3 Å². The van der Waals surface area contributed by atoms with Crippen molar-refractivity contribution in [3.8, 4) is 0 Å². The van der Waals surface area contributed by atoms with Crippen LogP contribution >= 0.6 is 0 Å². The minimum atomic E-state index is -7.47. The summed E-state index contributed by atoms with van der Waals surface area (Å²) in [6.45, 7) is -1.76. The van der Waals surface area contributed by atoms with Crippen LogP contribution in [0.5, 0.6) is 0 Å². The molecule has 0 atom stereocenters. The van der Waals surface area contributed by atoms with E-state index in [1.807, 2.05) is 0 Å². The summed E-state index contributed by atoms with van der Waals surface area (Å²) in [5.74, 6) is -29.1. The van der Waals surface area contributed by atoms with E-state index in [1.54, 1.807) is 0 Å². The van der Waals surface area contributed by atoms with E-state index in [0.29, 0.717) is 0 Å². The van der Waals surface area contributed by atoms with Gasteiger partial charge in [-0.15, -0.1) is 0 Å². The number of halogens is 11. The van der Waals surface area contributed by atoms with Crippen LogP contribution in [0.2, 0.25) is 0 Å².